The predicted octanol–water partition coefficient (Wildman–Crippen LogP) is -2.50. The Morgan fingerprint density at radius 3 is 2.80 bits per heavy atom. The number of carboxylic acid groups (broad SMARTS) is 1. The van der Waals surface area contributed by atoms with E-state index in [1.165, 1.54) is 27.7 Å². The highest BCUT2D eigenvalue weighted by molar-refractivity contribution is 8.03. The van der Waals surface area contributed by atoms with Gasteiger partial charge in [-0.1, -0.05) is 6.92 Å². The Balaban J connectivity index is 1.19. The average molecular weight is 576 g/mol. The smallest absolute Gasteiger partial charge is 0.353 e. The van der Waals surface area contributed by atoms with Crippen LogP contribution < -0.4 is 21.7 Å². The lowest BCUT2D eigenvalue weighted by atomic mass is 9.78. The molecule has 16 nitrogen and oxygen atoms in total. The number of fused-ring (bicyclic) bond motifs is 1. The number of nitrogens with zero attached hydrogens (tertiary/aromatic N) is 6. The van der Waals surface area contributed by atoms with Gasteiger partial charge in [-0.25, -0.2) is 9.48 Å². The van der Waals surface area contributed by atoms with E-state index in [0.717, 1.165) is 6.42 Å². The number of carboxylic acids is 1. The van der Waals surface area contributed by atoms with E-state index in [0.29, 0.717) is 31.0 Å². The number of aromatic nitrogens is 4. The summed E-state index contributed by atoms with van der Waals surface area (Å²) in [5.74, 6) is -3.02. The second-order valence-corrected chi connectivity index (χ2v) is 12.0. The second kappa shape index (κ2) is 11.1. The average Bonchev–Trinajstić information content (AvgIpc) is 3.68. The van der Waals surface area contributed by atoms with Crippen LogP contribution in [0.15, 0.2) is 16.9 Å². The second-order valence-electron chi connectivity index (χ2n) is 10.7. The van der Waals surface area contributed by atoms with Crippen LogP contribution in [0.25, 0.3) is 0 Å². The molecule has 0 spiro atoms. The van der Waals surface area contributed by atoms with Crippen LogP contribution in [-0.4, -0.2) is 114 Å². The van der Waals surface area contributed by atoms with Gasteiger partial charge >= 0.3 is 5.97 Å². The maximum absolute atomic E-state index is 13.1. The van der Waals surface area contributed by atoms with Gasteiger partial charge in [0.25, 0.3) is 0 Å². The maximum atomic E-state index is 13.1. The SMILES string of the molecule is C[C@@H](NC(=O)Cn1cnnn1)[C@H]1C(=O)N2C(C(=O)O)=C(S[C@@H]3CN[C@H](C(=O)NC(=N)N4CC[C@@H](N)C4)C3)[C@H](C)[C@H]12. The molecule has 4 aliphatic rings. The molecule has 3 amide bonds. The van der Waals surface area contributed by atoms with Crippen molar-refractivity contribution in [2.75, 3.05) is 19.6 Å². The maximum Gasteiger partial charge on any atom is 0.353 e. The molecule has 7 N–H and O–H groups in total. The summed E-state index contributed by atoms with van der Waals surface area (Å²) in [7, 11) is 0. The quantitative estimate of drug-likeness (QED) is 0.107. The topological polar surface area (TPSA) is 225 Å². The van der Waals surface area contributed by atoms with E-state index in [4.69, 9.17) is 11.1 Å². The van der Waals surface area contributed by atoms with E-state index >= 15 is 0 Å². The van der Waals surface area contributed by atoms with Crippen molar-refractivity contribution in [2.45, 2.75) is 62.7 Å². The fraction of sp³-hybridized carbons (Fsp3) is 0.652. The predicted molar refractivity (Wildman–Crippen MR) is 141 cm³/mol. The number of aliphatic carboxylic acids is 1. The molecule has 40 heavy (non-hydrogen) atoms. The number of hydrogen-bond donors (Lipinski definition) is 6. The minimum Gasteiger partial charge on any atom is -0.477 e. The van der Waals surface area contributed by atoms with Gasteiger partial charge in [0.1, 0.15) is 18.6 Å². The van der Waals surface area contributed by atoms with Crippen LogP contribution in [0.4, 0.5) is 0 Å². The van der Waals surface area contributed by atoms with E-state index in [1.54, 1.807) is 11.8 Å². The van der Waals surface area contributed by atoms with Crippen LogP contribution in [0, 0.1) is 17.2 Å². The van der Waals surface area contributed by atoms with Crippen molar-refractivity contribution in [1.29, 1.82) is 5.41 Å². The lowest BCUT2D eigenvalue weighted by Crippen LogP contribution is -2.66. The lowest BCUT2D eigenvalue weighted by molar-refractivity contribution is -0.158. The molecule has 5 rings (SSSR count). The molecule has 0 aromatic carbocycles. The molecular formula is C23H33N11O5S. The first kappa shape index (κ1) is 28.0. The molecule has 3 fully saturated rings. The van der Waals surface area contributed by atoms with Crippen molar-refractivity contribution in [2.24, 2.45) is 17.6 Å². The van der Waals surface area contributed by atoms with Crippen molar-refractivity contribution in [3.05, 3.63) is 16.9 Å². The molecule has 5 heterocycles. The van der Waals surface area contributed by atoms with Gasteiger partial charge < -0.3 is 31.3 Å². The van der Waals surface area contributed by atoms with Crippen LogP contribution in [-0.2, 0) is 25.7 Å². The summed E-state index contributed by atoms with van der Waals surface area (Å²) in [5.41, 5.74) is 5.86. The minimum absolute atomic E-state index is 0.0123. The minimum atomic E-state index is -1.18. The van der Waals surface area contributed by atoms with Crippen LogP contribution in [0.1, 0.15) is 26.7 Å². The lowest BCUT2D eigenvalue weighted by Gasteiger charge is -2.47. The number of nitrogens with two attached hydrogens (primary N) is 1. The summed E-state index contributed by atoms with van der Waals surface area (Å²) in [6.07, 6.45) is 2.52. The molecule has 1 aromatic rings. The van der Waals surface area contributed by atoms with Crippen LogP contribution >= 0.6 is 11.8 Å². The van der Waals surface area contributed by atoms with Crippen LogP contribution in [0.3, 0.4) is 0 Å². The molecule has 1 aromatic heterocycles. The van der Waals surface area contributed by atoms with E-state index in [-0.39, 0.29) is 53.1 Å². The standard InChI is InChI=1S/C23H33N11O5S/c1-10-17-16(11(2)28-15(35)8-33-9-27-30-31-33)21(37)34(17)18(22(38)39)19(10)40-13-5-14(26-6-13)20(36)29-23(25)32-4-3-12(24)7-32/h9-14,16-17,26H,3-8,24H2,1-2H3,(H,28,35)(H,38,39)(H2,25,29,36)/t10-,11-,12-,13+,14+,16-,17-/m1/s1. The molecule has 216 valence electrons. The van der Waals surface area contributed by atoms with Gasteiger partial charge in [-0.2, -0.15) is 0 Å². The van der Waals surface area contributed by atoms with E-state index in [1.807, 2.05) is 6.92 Å². The third-order valence-electron chi connectivity index (χ3n) is 7.90. The van der Waals surface area contributed by atoms with Crippen molar-refractivity contribution in [3.63, 3.8) is 0 Å². The molecule has 0 radical (unpaired) electrons. The summed E-state index contributed by atoms with van der Waals surface area (Å²) >= 11 is 1.37. The van der Waals surface area contributed by atoms with Crippen molar-refractivity contribution in [1.82, 2.24) is 46.0 Å². The molecule has 0 saturated carbocycles. The highest BCUT2D eigenvalue weighted by atomic mass is 32.2. The number of guanidine groups is 1. The fourth-order valence-electron chi connectivity index (χ4n) is 5.93. The monoisotopic (exact) mass is 575 g/mol. The van der Waals surface area contributed by atoms with Gasteiger partial charge in [-0.3, -0.25) is 25.1 Å². The molecular weight excluding hydrogens is 542 g/mol. The van der Waals surface area contributed by atoms with Crippen molar-refractivity contribution < 1.29 is 24.3 Å². The molecule has 4 aliphatic heterocycles. The highest BCUT2D eigenvalue weighted by Gasteiger charge is 2.60. The Morgan fingerprint density at radius 1 is 1.38 bits per heavy atom. The Hall–Kier alpha value is -3.57. The fourth-order valence-corrected chi connectivity index (χ4v) is 7.41. The summed E-state index contributed by atoms with van der Waals surface area (Å²) in [6.45, 7) is 5.14. The first-order valence-corrected chi connectivity index (χ1v) is 14.0. The Morgan fingerprint density at radius 2 is 2.15 bits per heavy atom. The number of rotatable bonds is 8. The van der Waals surface area contributed by atoms with Crippen LogP contribution in [0.2, 0.25) is 0 Å². The van der Waals surface area contributed by atoms with Gasteiger partial charge in [-0.05, 0) is 30.2 Å². The molecule has 17 heteroatoms. The van der Waals surface area contributed by atoms with E-state index in [2.05, 4.69) is 31.5 Å². The summed E-state index contributed by atoms with van der Waals surface area (Å²) in [5, 5.41) is 37.4. The summed E-state index contributed by atoms with van der Waals surface area (Å²) in [6, 6.07) is -1.46. The number of carbonyl (C=O) groups excluding carboxylic acids is 3. The van der Waals surface area contributed by atoms with Gasteiger partial charge in [0, 0.05) is 47.8 Å². The number of tetrazole rings is 1. The Bertz CT molecular complexity index is 1240. The van der Waals surface area contributed by atoms with Gasteiger partial charge in [0.15, 0.2) is 5.96 Å². The first-order valence-electron chi connectivity index (χ1n) is 13.2. The number of likely N-dealkylation sites (tertiary alicyclic amines) is 1. The number of nitrogens with one attached hydrogen (secondary N) is 4. The molecule has 0 bridgehead atoms. The van der Waals surface area contributed by atoms with E-state index < -0.39 is 30.0 Å². The highest BCUT2D eigenvalue weighted by Crippen LogP contribution is 2.51. The van der Waals surface area contributed by atoms with Crippen molar-refractivity contribution in [3.8, 4) is 0 Å². The normalized spacial score (nSPS) is 30.2. The zero-order valence-corrected chi connectivity index (χ0v) is 22.9. The van der Waals surface area contributed by atoms with Gasteiger partial charge in [0.05, 0.1) is 18.0 Å². The van der Waals surface area contributed by atoms with Crippen molar-refractivity contribution >= 4 is 41.4 Å². The molecule has 7 atom stereocenters. The molecule has 0 unspecified atom stereocenters. The number of carbonyl (C=O) groups is 4. The third kappa shape index (κ3) is 5.27. The zero-order chi connectivity index (χ0) is 28.7. The zero-order valence-electron chi connectivity index (χ0n) is 22.1. The number of hydrogen-bond acceptors (Lipinski definition) is 11. The Labute approximate surface area is 233 Å². The van der Waals surface area contributed by atoms with E-state index in [9.17, 15) is 24.3 Å². The van der Waals surface area contributed by atoms with Crippen LogP contribution in [0.5, 0.6) is 0 Å². The largest absolute Gasteiger partial charge is 0.477 e. The van der Waals surface area contributed by atoms with Gasteiger partial charge in [-0.15, -0.1) is 16.9 Å². The third-order valence-corrected chi connectivity index (χ3v) is 9.41. The van der Waals surface area contributed by atoms with Gasteiger partial charge in [0.2, 0.25) is 17.7 Å². The summed E-state index contributed by atoms with van der Waals surface area (Å²) in [4.78, 5) is 54.3. The first-order chi connectivity index (χ1) is 19.0. The molecule has 3 saturated heterocycles. The summed E-state index contributed by atoms with van der Waals surface area (Å²) < 4.78 is 1.27. The Kier molecular flexibility index (Phi) is 7.78. The molecule has 0 aliphatic carbocycles. The number of β-lactam (4-membered cyclic amide) rings is 1. The number of amides is 3. The number of thioether (sulfide) groups is 1.